The Morgan fingerprint density at radius 2 is 1.85 bits per heavy atom. The molecule has 1 aromatic carbocycles. The van der Waals surface area contributed by atoms with Crippen molar-refractivity contribution < 1.29 is 13.9 Å². The van der Waals surface area contributed by atoms with E-state index in [1.807, 2.05) is 42.2 Å². The number of phenolic OH excluding ortho intramolecular Hbond substituents is 1. The molecule has 3 aliphatic rings. The van der Waals surface area contributed by atoms with Crippen molar-refractivity contribution in [2.24, 2.45) is 5.92 Å². The first-order valence-corrected chi connectivity index (χ1v) is 14.3. The molecular formula is C31H35F2N7O. The maximum absolute atomic E-state index is 13.9. The third-order valence-corrected chi connectivity index (χ3v) is 8.38. The summed E-state index contributed by atoms with van der Waals surface area (Å²) in [6.07, 6.45) is 3.75. The van der Waals surface area contributed by atoms with Gasteiger partial charge in [-0.3, -0.25) is 4.90 Å². The summed E-state index contributed by atoms with van der Waals surface area (Å²) < 4.78 is 27.8. The maximum atomic E-state index is 13.9. The number of piperazine rings is 1. The van der Waals surface area contributed by atoms with Gasteiger partial charge >= 0.3 is 0 Å². The van der Waals surface area contributed by atoms with Crippen LogP contribution in [0.5, 0.6) is 5.75 Å². The molecule has 0 saturated carbocycles. The number of aromatic hydroxyl groups is 1. The molecule has 3 aromatic rings. The number of nitrogens with zero attached hydrogens (tertiary/aromatic N) is 6. The minimum absolute atomic E-state index is 0.0553. The van der Waals surface area contributed by atoms with E-state index in [0.29, 0.717) is 54.5 Å². The van der Waals surface area contributed by atoms with Gasteiger partial charge in [-0.05, 0) is 55.0 Å². The second kappa shape index (κ2) is 11.1. The molecule has 3 unspecified atom stereocenters. The van der Waals surface area contributed by atoms with Crippen LogP contribution in [-0.4, -0.2) is 75.9 Å². The number of rotatable bonds is 4. The lowest BCUT2D eigenvalue weighted by atomic mass is 10.0. The van der Waals surface area contributed by atoms with E-state index >= 15 is 0 Å². The number of nitrogen functional groups attached to an aromatic ring is 1. The van der Waals surface area contributed by atoms with Gasteiger partial charge in [-0.15, -0.1) is 10.2 Å². The fraction of sp³-hybridized carbons (Fsp3) is 0.452. The molecule has 41 heavy (non-hydrogen) atoms. The van der Waals surface area contributed by atoms with Gasteiger partial charge < -0.3 is 20.6 Å². The Morgan fingerprint density at radius 3 is 2.63 bits per heavy atom. The first-order chi connectivity index (χ1) is 19.8. The van der Waals surface area contributed by atoms with Gasteiger partial charge in [0, 0.05) is 68.6 Å². The van der Waals surface area contributed by atoms with Crippen molar-refractivity contribution in [1.29, 1.82) is 0 Å². The number of hydrogen-bond acceptors (Lipinski definition) is 8. The summed E-state index contributed by atoms with van der Waals surface area (Å²) >= 11 is 0. The second-order valence-electron chi connectivity index (χ2n) is 11.6. The summed E-state index contributed by atoms with van der Waals surface area (Å²) in [7, 11) is 0. The number of fused-ring (bicyclic) bond motifs is 2. The van der Waals surface area contributed by atoms with Crippen LogP contribution in [0.2, 0.25) is 0 Å². The molecule has 0 radical (unpaired) electrons. The van der Waals surface area contributed by atoms with Crippen LogP contribution >= 0.6 is 0 Å². The van der Waals surface area contributed by atoms with E-state index in [9.17, 15) is 13.9 Å². The highest BCUT2D eigenvalue weighted by atomic mass is 19.3. The highest BCUT2D eigenvalue weighted by Gasteiger charge is 2.41. The molecule has 2 aromatic heterocycles. The zero-order valence-corrected chi connectivity index (χ0v) is 23.2. The maximum Gasteiger partial charge on any atom is 0.249 e. The summed E-state index contributed by atoms with van der Waals surface area (Å²) in [5.41, 5.74) is 10.1. The van der Waals surface area contributed by atoms with Crippen LogP contribution in [0.4, 0.5) is 26.0 Å². The Labute approximate surface area is 239 Å². The van der Waals surface area contributed by atoms with E-state index in [0.717, 1.165) is 37.3 Å². The van der Waals surface area contributed by atoms with Gasteiger partial charge in [0.25, 0.3) is 0 Å². The fourth-order valence-corrected chi connectivity index (χ4v) is 6.55. The van der Waals surface area contributed by atoms with Crippen LogP contribution < -0.4 is 15.5 Å². The molecule has 0 amide bonds. The predicted octanol–water partition coefficient (Wildman–Crippen LogP) is 4.40. The fourth-order valence-electron chi connectivity index (χ4n) is 6.55. The first-order valence-electron chi connectivity index (χ1n) is 14.3. The molecule has 8 nitrogen and oxygen atoms in total. The molecule has 3 atom stereocenters. The first kappa shape index (κ1) is 27.2. The summed E-state index contributed by atoms with van der Waals surface area (Å²) in [4.78, 5) is 11.2. The van der Waals surface area contributed by atoms with E-state index in [2.05, 4.69) is 36.8 Å². The van der Waals surface area contributed by atoms with Gasteiger partial charge in [-0.1, -0.05) is 25.0 Å². The van der Waals surface area contributed by atoms with Crippen molar-refractivity contribution >= 4 is 17.2 Å². The molecule has 3 fully saturated rings. The normalized spacial score (nSPS) is 24.0. The molecule has 5 heterocycles. The lowest BCUT2D eigenvalue weighted by Gasteiger charge is -2.43. The average Bonchev–Trinajstić information content (AvgIpc) is 3.12. The molecule has 2 bridgehead atoms. The zero-order chi connectivity index (χ0) is 28.6. The van der Waals surface area contributed by atoms with E-state index in [-0.39, 0.29) is 24.5 Å². The Morgan fingerprint density at radius 1 is 1.07 bits per heavy atom. The van der Waals surface area contributed by atoms with Crippen LogP contribution in [0.3, 0.4) is 0 Å². The van der Waals surface area contributed by atoms with E-state index in [1.54, 1.807) is 18.3 Å². The molecule has 3 N–H and O–H groups in total. The molecule has 214 valence electrons. The number of nitrogens with two attached hydrogens (primary N) is 1. The van der Waals surface area contributed by atoms with Crippen LogP contribution in [0.15, 0.2) is 48.7 Å². The van der Waals surface area contributed by atoms with E-state index < -0.39 is 5.92 Å². The number of pyridine rings is 1. The standard InChI is InChI=1S/C31H35F2N7O/c1-21-17-31(32,33)11-14-38(18-21)13-4-5-22-15-23(10-12-35-22)40-24-8-9-25(40)20-39(19-24)28-16-27(36-37-30(28)34)26-6-2-3-7-29(26)41/h2-3,6-7,10,12,15-16,21,24-25,41H,8-9,11,13-14,17-20H2,1H3,(H2,34,37). The molecule has 3 aliphatic heterocycles. The lowest BCUT2D eigenvalue weighted by Crippen LogP contribution is -2.54. The third-order valence-electron chi connectivity index (χ3n) is 8.38. The number of para-hydroxylation sites is 1. The summed E-state index contributed by atoms with van der Waals surface area (Å²) in [6, 6.07) is 13.6. The largest absolute Gasteiger partial charge is 0.507 e. The minimum atomic E-state index is -2.59. The van der Waals surface area contributed by atoms with Crippen molar-refractivity contribution in [1.82, 2.24) is 20.1 Å². The van der Waals surface area contributed by atoms with Crippen LogP contribution in [0.25, 0.3) is 11.3 Å². The molecule has 6 rings (SSSR count). The summed E-state index contributed by atoms with van der Waals surface area (Å²) in [5.74, 6) is 4.22. The lowest BCUT2D eigenvalue weighted by molar-refractivity contribution is -0.0207. The van der Waals surface area contributed by atoms with Gasteiger partial charge in [-0.25, -0.2) is 13.8 Å². The topological polar surface area (TPSA) is 94.6 Å². The van der Waals surface area contributed by atoms with E-state index in [1.165, 1.54) is 0 Å². The highest BCUT2D eigenvalue weighted by Crippen LogP contribution is 2.39. The van der Waals surface area contributed by atoms with Gasteiger partial charge in [-0.2, -0.15) is 0 Å². The predicted molar refractivity (Wildman–Crippen MR) is 156 cm³/mol. The smallest absolute Gasteiger partial charge is 0.249 e. The van der Waals surface area contributed by atoms with Crippen molar-refractivity contribution in [3.05, 3.63) is 54.4 Å². The van der Waals surface area contributed by atoms with E-state index in [4.69, 9.17) is 5.73 Å². The minimum Gasteiger partial charge on any atom is -0.507 e. The molecular weight excluding hydrogens is 524 g/mol. The van der Waals surface area contributed by atoms with Gasteiger partial charge in [0.15, 0.2) is 5.82 Å². The van der Waals surface area contributed by atoms with Crippen molar-refractivity contribution in [3.63, 3.8) is 0 Å². The highest BCUT2D eigenvalue weighted by molar-refractivity contribution is 5.74. The zero-order valence-electron chi connectivity index (χ0n) is 23.2. The van der Waals surface area contributed by atoms with Gasteiger partial charge in [0.05, 0.1) is 17.9 Å². The molecule has 3 saturated heterocycles. The SMILES string of the molecule is CC1CN(CC#Cc2cc(N3C4CCC3CN(c3cc(-c5ccccc5O)nnc3N)C4)ccn2)CCC(F)(F)C1. The average molecular weight is 560 g/mol. The monoisotopic (exact) mass is 559 g/mol. The van der Waals surface area contributed by atoms with Gasteiger partial charge in [0.1, 0.15) is 11.4 Å². The number of hydrogen-bond donors (Lipinski definition) is 2. The van der Waals surface area contributed by atoms with Gasteiger partial charge in [0.2, 0.25) is 5.92 Å². The number of benzene rings is 1. The molecule has 10 heteroatoms. The summed E-state index contributed by atoms with van der Waals surface area (Å²) in [5, 5.41) is 18.7. The molecule has 0 aliphatic carbocycles. The Bertz CT molecular complexity index is 1460. The Hall–Kier alpha value is -3.97. The van der Waals surface area contributed by atoms with Crippen LogP contribution in [0.1, 0.15) is 38.3 Å². The summed E-state index contributed by atoms with van der Waals surface area (Å²) in [6.45, 7) is 4.91. The molecule has 0 spiro atoms. The number of phenols is 1. The van der Waals surface area contributed by atoms with Crippen LogP contribution in [-0.2, 0) is 0 Å². The van der Waals surface area contributed by atoms with Crippen molar-refractivity contribution in [2.45, 2.75) is 50.6 Å². The second-order valence-corrected chi connectivity index (χ2v) is 11.6. The number of likely N-dealkylation sites (tertiary alicyclic amines) is 1. The Balaban J connectivity index is 1.15. The third kappa shape index (κ3) is 5.91. The quantitative estimate of drug-likeness (QED) is 0.455. The number of halogens is 2. The Kier molecular flexibility index (Phi) is 7.39. The number of alkyl halides is 2. The number of aromatic nitrogens is 3. The van der Waals surface area contributed by atoms with Crippen LogP contribution in [0, 0.1) is 17.8 Å². The van der Waals surface area contributed by atoms with Crippen molar-refractivity contribution in [3.8, 4) is 28.8 Å². The van der Waals surface area contributed by atoms with Crippen molar-refractivity contribution in [2.75, 3.05) is 48.3 Å². The number of anilines is 3.